The van der Waals surface area contributed by atoms with Crippen LogP contribution in [-0.4, -0.2) is 11.1 Å². The zero-order chi connectivity index (χ0) is 11.5. The quantitative estimate of drug-likeness (QED) is 0.847. The summed E-state index contributed by atoms with van der Waals surface area (Å²) in [5.74, 6) is -3.93. The van der Waals surface area contributed by atoms with Gasteiger partial charge in [0.05, 0.1) is 4.88 Å². The van der Waals surface area contributed by atoms with Crippen LogP contribution in [0.1, 0.15) is 29.7 Å². The largest absolute Gasteiger partial charge is 0.481 e. The van der Waals surface area contributed by atoms with E-state index in [9.17, 15) is 13.6 Å². The Bertz CT molecular complexity index is 347. The van der Waals surface area contributed by atoms with Gasteiger partial charge in [0.2, 0.25) is 0 Å². The maximum atomic E-state index is 13.5. The van der Waals surface area contributed by atoms with Crippen molar-refractivity contribution in [2.75, 3.05) is 0 Å². The molecule has 1 N–H and O–H groups in total. The van der Waals surface area contributed by atoms with Gasteiger partial charge in [-0.15, -0.1) is 11.3 Å². The van der Waals surface area contributed by atoms with E-state index in [-0.39, 0.29) is 17.7 Å². The molecule has 15 heavy (non-hydrogen) atoms. The summed E-state index contributed by atoms with van der Waals surface area (Å²) >= 11 is 1.02. The first-order valence-electron chi connectivity index (χ1n) is 4.57. The molecule has 1 aromatic rings. The molecule has 0 aliphatic carbocycles. The van der Waals surface area contributed by atoms with E-state index >= 15 is 0 Å². The Morgan fingerprint density at radius 2 is 2.27 bits per heavy atom. The van der Waals surface area contributed by atoms with Crippen LogP contribution in [0.15, 0.2) is 11.4 Å². The number of carbonyl (C=O) groups is 1. The molecular weight excluding hydrogens is 222 g/mol. The van der Waals surface area contributed by atoms with E-state index in [2.05, 4.69) is 0 Å². The monoisotopic (exact) mass is 234 g/mol. The second-order valence-electron chi connectivity index (χ2n) is 3.38. The van der Waals surface area contributed by atoms with Crippen LogP contribution >= 0.6 is 11.3 Å². The number of carboxylic acids is 1. The van der Waals surface area contributed by atoms with Crippen molar-refractivity contribution in [1.82, 2.24) is 0 Å². The highest BCUT2D eigenvalue weighted by Crippen LogP contribution is 2.38. The Hall–Kier alpha value is -0.970. The topological polar surface area (TPSA) is 37.3 Å². The van der Waals surface area contributed by atoms with E-state index in [1.165, 1.54) is 0 Å². The number of rotatable bonds is 5. The van der Waals surface area contributed by atoms with Gasteiger partial charge >= 0.3 is 5.97 Å². The molecule has 0 aliphatic heterocycles. The molecule has 0 saturated carbocycles. The lowest BCUT2D eigenvalue weighted by Crippen LogP contribution is -2.13. The van der Waals surface area contributed by atoms with E-state index in [1.807, 2.05) is 0 Å². The number of alkyl halides is 2. The Balaban J connectivity index is 2.59. The van der Waals surface area contributed by atoms with Crippen molar-refractivity contribution in [3.63, 3.8) is 0 Å². The molecule has 0 saturated heterocycles. The third kappa shape index (κ3) is 3.27. The van der Waals surface area contributed by atoms with Gasteiger partial charge in [0.15, 0.2) is 0 Å². The van der Waals surface area contributed by atoms with Crippen molar-refractivity contribution in [3.8, 4) is 0 Å². The molecular formula is C10H12F2O2S. The van der Waals surface area contributed by atoms with Crippen molar-refractivity contribution in [2.24, 2.45) is 0 Å². The Morgan fingerprint density at radius 1 is 1.60 bits per heavy atom. The Morgan fingerprint density at radius 3 is 2.73 bits per heavy atom. The third-order valence-electron chi connectivity index (χ3n) is 2.08. The first-order valence-corrected chi connectivity index (χ1v) is 5.45. The van der Waals surface area contributed by atoms with Crippen molar-refractivity contribution in [3.05, 3.63) is 21.9 Å². The first-order chi connectivity index (χ1) is 6.93. The molecule has 0 spiro atoms. The highest BCUT2D eigenvalue weighted by atomic mass is 32.1. The molecule has 1 aromatic heterocycles. The maximum Gasteiger partial charge on any atom is 0.303 e. The molecule has 0 aromatic carbocycles. The fraction of sp³-hybridized carbons (Fsp3) is 0.500. The van der Waals surface area contributed by atoms with E-state index in [4.69, 9.17) is 5.11 Å². The minimum Gasteiger partial charge on any atom is -0.481 e. The molecule has 0 radical (unpaired) electrons. The van der Waals surface area contributed by atoms with Gasteiger partial charge < -0.3 is 5.11 Å². The third-order valence-corrected chi connectivity index (χ3v) is 3.20. The van der Waals surface area contributed by atoms with E-state index < -0.39 is 18.3 Å². The summed E-state index contributed by atoms with van der Waals surface area (Å²) in [4.78, 5) is 10.2. The molecule has 2 nitrogen and oxygen atoms in total. The normalized spacial score (nSPS) is 11.7. The molecule has 5 heteroatoms. The van der Waals surface area contributed by atoms with Gasteiger partial charge in [-0.05, 0) is 30.4 Å². The second-order valence-corrected chi connectivity index (χ2v) is 4.30. The van der Waals surface area contributed by atoms with Crippen LogP contribution in [0.3, 0.4) is 0 Å². The van der Waals surface area contributed by atoms with Crippen LogP contribution in [0.2, 0.25) is 0 Å². The number of aryl methyl sites for hydroxylation is 1. The molecule has 1 rings (SSSR count). The van der Waals surface area contributed by atoms with Gasteiger partial charge in [0, 0.05) is 12.8 Å². The maximum absolute atomic E-state index is 13.5. The lowest BCUT2D eigenvalue weighted by atomic mass is 10.1. The van der Waals surface area contributed by atoms with Gasteiger partial charge in [-0.3, -0.25) is 4.79 Å². The fourth-order valence-electron chi connectivity index (χ4n) is 1.32. The average Bonchev–Trinajstić information content (AvgIpc) is 2.50. The lowest BCUT2D eigenvalue weighted by Gasteiger charge is -2.15. The van der Waals surface area contributed by atoms with E-state index in [0.29, 0.717) is 5.56 Å². The summed E-state index contributed by atoms with van der Waals surface area (Å²) in [6.07, 6.45) is -0.611. The zero-order valence-electron chi connectivity index (χ0n) is 8.30. The molecule has 0 unspecified atom stereocenters. The molecule has 0 atom stereocenters. The van der Waals surface area contributed by atoms with Crippen LogP contribution in [0, 0.1) is 6.92 Å². The number of aliphatic carboxylic acids is 1. The summed E-state index contributed by atoms with van der Waals surface area (Å²) in [6.45, 7) is 1.64. The summed E-state index contributed by atoms with van der Waals surface area (Å²) in [7, 11) is 0. The zero-order valence-corrected chi connectivity index (χ0v) is 9.11. The van der Waals surface area contributed by atoms with Crippen molar-refractivity contribution in [1.29, 1.82) is 0 Å². The van der Waals surface area contributed by atoms with Crippen LogP contribution in [0.5, 0.6) is 0 Å². The Labute approximate surface area is 90.5 Å². The van der Waals surface area contributed by atoms with Gasteiger partial charge in [-0.25, -0.2) is 8.78 Å². The number of hydrogen-bond acceptors (Lipinski definition) is 2. The number of hydrogen-bond donors (Lipinski definition) is 1. The fourth-order valence-corrected chi connectivity index (χ4v) is 2.26. The van der Waals surface area contributed by atoms with Crippen LogP contribution < -0.4 is 0 Å². The van der Waals surface area contributed by atoms with Gasteiger partial charge in [0.1, 0.15) is 0 Å². The van der Waals surface area contributed by atoms with Gasteiger partial charge in [0.25, 0.3) is 5.92 Å². The predicted molar refractivity (Wildman–Crippen MR) is 54.4 cm³/mol. The second kappa shape index (κ2) is 4.70. The number of halogens is 2. The molecule has 1 heterocycles. The molecule has 0 fully saturated rings. The van der Waals surface area contributed by atoms with E-state index in [0.717, 1.165) is 11.3 Å². The van der Waals surface area contributed by atoms with Crippen LogP contribution in [0.4, 0.5) is 8.78 Å². The van der Waals surface area contributed by atoms with Gasteiger partial charge in [-0.2, -0.15) is 0 Å². The highest BCUT2D eigenvalue weighted by Gasteiger charge is 2.33. The SMILES string of the molecule is Cc1ccsc1C(F)(F)CCCC(=O)O. The lowest BCUT2D eigenvalue weighted by molar-refractivity contribution is -0.137. The highest BCUT2D eigenvalue weighted by molar-refractivity contribution is 7.10. The minimum absolute atomic E-state index is 0.000324. The van der Waals surface area contributed by atoms with Crippen molar-refractivity contribution < 1.29 is 18.7 Å². The van der Waals surface area contributed by atoms with Gasteiger partial charge in [-0.1, -0.05) is 0 Å². The molecule has 0 amide bonds. The Kier molecular flexibility index (Phi) is 3.79. The predicted octanol–water partition coefficient (Wildman–Crippen LogP) is 3.40. The molecule has 0 aliphatic rings. The first kappa shape index (κ1) is 12.1. The molecule has 0 bridgehead atoms. The smallest absolute Gasteiger partial charge is 0.303 e. The van der Waals surface area contributed by atoms with Crippen molar-refractivity contribution >= 4 is 17.3 Å². The molecule has 84 valence electrons. The summed E-state index contributed by atoms with van der Waals surface area (Å²) < 4.78 is 27.0. The summed E-state index contributed by atoms with van der Waals surface area (Å²) in [5, 5.41) is 9.97. The average molecular weight is 234 g/mol. The number of thiophene rings is 1. The number of carboxylic acid groups (broad SMARTS) is 1. The summed E-state index contributed by atoms with van der Waals surface area (Å²) in [6, 6.07) is 1.64. The van der Waals surface area contributed by atoms with Crippen LogP contribution in [0.25, 0.3) is 0 Å². The summed E-state index contributed by atoms with van der Waals surface area (Å²) in [5.41, 5.74) is 0.570. The minimum atomic E-state index is -2.90. The standard InChI is InChI=1S/C10H12F2O2S/c1-7-4-6-15-9(7)10(11,12)5-2-3-8(13)14/h4,6H,2-3,5H2,1H3,(H,13,14). The van der Waals surface area contributed by atoms with E-state index in [1.54, 1.807) is 18.4 Å². The van der Waals surface area contributed by atoms with Crippen molar-refractivity contribution in [2.45, 2.75) is 32.1 Å². The van der Waals surface area contributed by atoms with Crippen LogP contribution in [-0.2, 0) is 10.7 Å².